The minimum absolute atomic E-state index is 0.207. The van der Waals surface area contributed by atoms with Crippen molar-refractivity contribution in [1.29, 1.82) is 0 Å². The molecule has 0 bridgehead atoms. The summed E-state index contributed by atoms with van der Waals surface area (Å²) in [7, 11) is 0. The normalized spacial score (nSPS) is 18.4. The molecule has 3 rings (SSSR count). The highest BCUT2D eigenvalue weighted by molar-refractivity contribution is 8.00. The van der Waals surface area contributed by atoms with Crippen LogP contribution in [0.4, 0.5) is 0 Å². The van der Waals surface area contributed by atoms with E-state index >= 15 is 0 Å². The number of carbonyl (C=O) groups is 1. The Morgan fingerprint density at radius 1 is 1.25 bits per heavy atom. The maximum atomic E-state index is 12.1. The molecule has 0 unspecified atom stereocenters. The van der Waals surface area contributed by atoms with Gasteiger partial charge in [0.1, 0.15) is 0 Å². The van der Waals surface area contributed by atoms with Crippen molar-refractivity contribution in [1.82, 2.24) is 5.32 Å². The van der Waals surface area contributed by atoms with Crippen molar-refractivity contribution < 1.29 is 4.79 Å². The van der Waals surface area contributed by atoms with Gasteiger partial charge in [-0.15, -0.1) is 11.8 Å². The third kappa shape index (κ3) is 3.57. The quantitative estimate of drug-likeness (QED) is 0.809. The summed E-state index contributed by atoms with van der Waals surface area (Å²) in [6, 6.07) is 6.89. The van der Waals surface area contributed by atoms with Crippen LogP contribution in [0.25, 0.3) is 0 Å². The molecule has 20 heavy (non-hydrogen) atoms. The van der Waals surface area contributed by atoms with E-state index < -0.39 is 0 Å². The Balaban J connectivity index is 1.51. The lowest BCUT2D eigenvalue weighted by Gasteiger charge is -2.17. The van der Waals surface area contributed by atoms with Crippen LogP contribution in [-0.2, 0) is 4.79 Å². The summed E-state index contributed by atoms with van der Waals surface area (Å²) in [5.41, 5.74) is 2.54. The zero-order valence-electron chi connectivity index (χ0n) is 12.3. The smallest absolute Gasteiger partial charge is 0.230 e. The molecule has 0 saturated heterocycles. The van der Waals surface area contributed by atoms with Crippen molar-refractivity contribution in [2.24, 2.45) is 11.8 Å². The number of thioether (sulfide) groups is 1. The van der Waals surface area contributed by atoms with Crippen LogP contribution in [0.15, 0.2) is 23.1 Å². The number of aryl methyl sites for hydroxylation is 2. The van der Waals surface area contributed by atoms with Gasteiger partial charge < -0.3 is 5.32 Å². The van der Waals surface area contributed by atoms with E-state index in [1.807, 2.05) is 0 Å². The van der Waals surface area contributed by atoms with Crippen LogP contribution in [-0.4, -0.2) is 17.7 Å². The first-order valence-electron chi connectivity index (χ1n) is 7.63. The number of hydrogen-bond acceptors (Lipinski definition) is 2. The van der Waals surface area contributed by atoms with Gasteiger partial charge in [0, 0.05) is 10.9 Å². The Labute approximate surface area is 125 Å². The summed E-state index contributed by atoms with van der Waals surface area (Å²) in [6.07, 6.45) is 5.24. The van der Waals surface area contributed by atoms with Crippen molar-refractivity contribution >= 4 is 17.7 Å². The van der Waals surface area contributed by atoms with Crippen LogP contribution in [0, 0.1) is 25.7 Å². The molecule has 108 valence electrons. The van der Waals surface area contributed by atoms with Gasteiger partial charge in [-0.1, -0.05) is 17.7 Å². The Bertz CT molecular complexity index is 494. The molecule has 0 aliphatic heterocycles. The lowest BCUT2D eigenvalue weighted by atomic mass is 10.1. The number of carbonyl (C=O) groups excluding carboxylic acids is 1. The van der Waals surface area contributed by atoms with Crippen LogP contribution in [0.1, 0.15) is 36.8 Å². The Kier molecular flexibility index (Phi) is 4.06. The molecule has 0 aromatic heterocycles. The summed E-state index contributed by atoms with van der Waals surface area (Å²) in [5.74, 6) is 2.30. The first-order chi connectivity index (χ1) is 9.63. The van der Waals surface area contributed by atoms with Gasteiger partial charge in [-0.25, -0.2) is 0 Å². The minimum atomic E-state index is 0.207. The van der Waals surface area contributed by atoms with Gasteiger partial charge in [0.15, 0.2) is 0 Å². The fraction of sp³-hybridized carbons (Fsp3) is 0.588. The molecular weight excluding hydrogens is 266 g/mol. The van der Waals surface area contributed by atoms with Crippen LogP contribution in [0.5, 0.6) is 0 Å². The first kappa shape index (κ1) is 14.0. The molecule has 0 radical (unpaired) electrons. The Morgan fingerprint density at radius 3 is 2.45 bits per heavy atom. The van der Waals surface area contributed by atoms with Crippen molar-refractivity contribution in [3.05, 3.63) is 29.3 Å². The third-order valence-corrected chi connectivity index (χ3v) is 5.45. The van der Waals surface area contributed by atoms with Gasteiger partial charge >= 0.3 is 0 Å². The van der Waals surface area contributed by atoms with E-state index in [2.05, 4.69) is 37.4 Å². The molecule has 0 atom stereocenters. The Morgan fingerprint density at radius 2 is 1.90 bits per heavy atom. The molecule has 1 aromatic carbocycles. The van der Waals surface area contributed by atoms with E-state index in [-0.39, 0.29) is 5.91 Å². The van der Waals surface area contributed by atoms with Crippen molar-refractivity contribution in [3.8, 4) is 0 Å². The highest BCUT2D eigenvalue weighted by Crippen LogP contribution is 2.44. The second-order valence-corrected chi connectivity index (χ2v) is 7.34. The molecule has 2 saturated carbocycles. The monoisotopic (exact) mass is 289 g/mol. The standard InChI is InChI=1S/C17H23NOS/c1-11-3-8-15(12(2)9-11)20-10-16(19)18-17(13-4-5-13)14-6-7-14/h3,8-9,13-14,17H,4-7,10H2,1-2H3,(H,18,19). The molecule has 2 aliphatic rings. The van der Waals surface area contributed by atoms with E-state index in [0.717, 1.165) is 11.8 Å². The van der Waals surface area contributed by atoms with Crippen molar-refractivity contribution in [2.75, 3.05) is 5.75 Å². The van der Waals surface area contributed by atoms with E-state index in [9.17, 15) is 4.79 Å². The molecule has 2 fully saturated rings. The fourth-order valence-electron chi connectivity index (χ4n) is 2.86. The molecule has 1 N–H and O–H groups in total. The lowest BCUT2D eigenvalue weighted by molar-refractivity contribution is -0.119. The molecule has 2 aliphatic carbocycles. The number of nitrogens with one attached hydrogen (secondary N) is 1. The fourth-order valence-corrected chi connectivity index (χ4v) is 3.68. The second kappa shape index (κ2) is 5.80. The molecule has 0 spiro atoms. The number of rotatable bonds is 6. The van der Waals surface area contributed by atoms with Crippen molar-refractivity contribution in [3.63, 3.8) is 0 Å². The second-order valence-electron chi connectivity index (χ2n) is 6.33. The summed E-state index contributed by atoms with van der Waals surface area (Å²) in [4.78, 5) is 13.4. The lowest BCUT2D eigenvalue weighted by Crippen LogP contribution is -2.39. The van der Waals surface area contributed by atoms with Gasteiger partial charge in [-0.2, -0.15) is 0 Å². The predicted molar refractivity (Wildman–Crippen MR) is 84.0 cm³/mol. The van der Waals surface area contributed by atoms with Crippen LogP contribution < -0.4 is 5.32 Å². The number of benzene rings is 1. The largest absolute Gasteiger partial charge is 0.352 e. The molecule has 1 aromatic rings. The number of hydrogen-bond donors (Lipinski definition) is 1. The van der Waals surface area contributed by atoms with E-state index in [1.165, 1.54) is 41.7 Å². The highest BCUT2D eigenvalue weighted by atomic mass is 32.2. The average molecular weight is 289 g/mol. The summed E-state index contributed by atoms with van der Waals surface area (Å²) in [6.45, 7) is 4.22. The highest BCUT2D eigenvalue weighted by Gasteiger charge is 2.42. The average Bonchev–Trinajstić information content (AvgIpc) is 3.28. The third-order valence-electron chi connectivity index (χ3n) is 4.28. The predicted octanol–water partition coefficient (Wildman–Crippen LogP) is 3.70. The molecular formula is C17H23NOS. The summed E-state index contributed by atoms with van der Waals surface area (Å²) >= 11 is 1.66. The van der Waals surface area contributed by atoms with Crippen LogP contribution in [0.2, 0.25) is 0 Å². The van der Waals surface area contributed by atoms with Gasteiger partial charge in [-0.3, -0.25) is 4.79 Å². The minimum Gasteiger partial charge on any atom is -0.352 e. The van der Waals surface area contributed by atoms with Crippen LogP contribution >= 0.6 is 11.8 Å². The Hall–Kier alpha value is -0.960. The zero-order valence-corrected chi connectivity index (χ0v) is 13.1. The van der Waals surface area contributed by atoms with Gasteiger partial charge in [-0.05, 0) is 63.0 Å². The zero-order chi connectivity index (χ0) is 14.1. The van der Waals surface area contributed by atoms with Gasteiger partial charge in [0.05, 0.1) is 5.75 Å². The van der Waals surface area contributed by atoms with Crippen LogP contribution in [0.3, 0.4) is 0 Å². The topological polar surface area (TPSA) is 29.1 Å². The van der Waals surface area contributed by atoms with E-state index in [1.54, 1.807) is 11.8 Å². The van der Waals surface area contributed by atoms with E-state index in [4.69, 9.17) is 0 Å². The summed E-state index contributed by atoms with van der Waals surface area (Å²) in [5, 5.41) is 3.28. The number of amides is 1. The first-order valence-corrected chi connectivity index (χ1v) is 8.61. The van der Waals surface area contributed by atoms with Crippen molar-refractivity contribution in [2.45, 2.75) is 50.5 Å². The SMILES string of the molecule is Cc1ccc(SCC(=O)NC(C2CC2)C2CC2)c(C)c1. The maximum Gasteiger partial charge on any atom is 0.230 e. The van der Waals surface area contributed by atoms with Gasteiger partial charge in [0.25, 0.3) is 0 Å². The maximum absolute atomic E-state index is 12.1. The molecule has 1 amide bonds. The summed E-state index contributed by atoms with van der Waals surface area (Å²) < 4.78 is 0. The molecule has 2 nitrogen and oxygen atoms in total. The van der Waals surface area contributed by atoms with E-state index in [0.29, 0.717) is 11.8 Å². The molecule has 3 heteroatoms. The molecule has 0 heterocycles. The van der Waals surface area contributed by atoms with Gasteiger partial charge in [0.2, 0.25) is 5.91 Å².